The number of amides is 1. The van der Waals surface area contributed by atoms with Crippen molar-refractivity contribution in [3.05, 3.63) is 27.9 Å². The van der Waals surface area contributed by atoms with Gasteiger partial charge in [-0.1, -0.05) is 15.9 Å². The number of nitrogens with one attached hydrogen (secondary N) is 2. The van der Waals surface area contributed by atoms with E-state index in [4.69, 9.17) is 4.74 Å². The molecule has 0 saturated carbocycles. The number of aromatic nitrogens is 1. The van der Waals surface area contributed by atoms with Crippen LogP contribution in [0.2, 0.25) is 0 Å². The van der Waals surface area contributed by atoms with Gasteiger partial charge < -0.3 is 20.2 Å². The van der Waals surface area contributed by atoms with Crippen LogP contribution in [0.1, 0.15) is 10.5 Å². The minimum absolute atomic E-state index is 0.164. The predicted molar refractivity (Wildman–Crippen MR) is 64.4 cm³/mol. The molecule has 0 spiro atoms. The Hall–Kier alpha value is -1.41. The fourth-order valence-electron chi connectivity index (χ4n) is 1.11. The average molecular weight is 306 g/mol. The van der Waals surface area contributed by atoms with E-state index >= 15 is 0 Å². The number of hydrogen-bond donors (Lipinski definition) is 2. The number of ether oxygens (including phenoxy) is 1. The van der Waals surface area contributed by atoms with E-state index in [1.165, 1.54) is 12.1 Å². The van der Waals surface area contributed by atoms with E-state index in [2.05, 4.69) is 26.2 Å². The topological polar surface area (TPSA) is 97.3 Å². The third-order valence-corrected chi connectivity index (χ3v) is 2.19. The summed E-state index contributed by atoms with van der Waals surface area (Å²) in [4.78, 5) is 23.7. The first kappa shape index (κ1) is 13.7. The first-order valence-electron chi connectivity index (χ1n) is 4.90. The van der Waals surface area contributed by atoms with Crippen molar-refractivity contribution in [1.29, 1.82) is 0 Å². The molecule has 1 heterocycles. The van der Waals surface area contributed by atoms with Gasteiger partial charge in [-0.3, -0.25) is 4.79 Å². The number of H-pyrrole nitrogens is 1. The van der Waals surface area contributed by atoms with Crippen molar-refractivity contribution in [3.8, 4) is 0 Å². The summed E-state index contributed by atoms with van der Waals surface area (Å²) in [7, 11) is 0. The van der Waals surface area contributed by atoms with Crippen LogP contribution in [0.3, 0.4) is 0 Å². The number of halogens is 1. The molecular formula is C9H12BrN3O4. The van der Waals surface area contributed by atoms with E-state index in [1.54, 1.807) is 0 Å². The van der Waals surface area contributed by atoms with Crippen molar-refractivity contribution in [2.24, 2.45) is 0 Å². The van der Waals surface area contributed by atoms with Crippen LogP contribution in [0.5, 0.6) is 0 Å². The Morgan fingerprint density at radius 3 is 2.88 bits per heavy atom. The van der Waals surface area contributed by atoms with Gasteiger partial charge in [0.1, 0.15) is 0 Å². The fraction of sp³-hybridized carbons (Fsp3) is 0.444. The van der Waals surface area contributed by atoms with Gasteiger partial charge in [-0.25, -0.2) is 4.98 Å². The van der Waals surface area contributed by atoms with Crippen LogP contribution in [0.15, 0.2) is 12.1 Å². The zero-order valence-corrected chi connectivity index (χ0v) is 10.5. The molecule has 0 fully saturated rings. The molecule has 2 N–H and O–H groups in total. The molecule has 17 heavy (non-hydrogen) atoms. The highest BCUT2D eigenvalue weighted by Crippen LogP contribution is 2.09. The summed E-state index contributed by atoms with van der Waals surface area (Å²) >= 11 is 3.20. The molecular weight excluding hydrogens is 294 g/mol. The largest absolute Gasteiger partial charge is 0.379 e. The van der Waals surface area contributed by atoms with Crippen molar-refractivity contribution in [2.45, 2.75) is 0 Å². The highest BCUT2D eigenvalue weighted by atomic mass is 79.9. The summed E-state index contributed by atoms with van der Waals surface area (Å²) in [5.74, 6) is -0.591. The fourth-order valence-corrected chi connectivity index (χ4v) is 1.34. The monoisotopic (exact) mass is 305 g/mol. The van der Waals surface area contributed by atoms with Gasteiger partial charge in [0, 0.05) is 17.9 Å². The lowest BCUT2D eigenvalue weighted by Gasteiger charge is -2.02. The summed E-state index contributed by atoms with van der Waals surface area (Å²) < 4.78 is 5.13. The summed E-state index contributed by atoms with van der Waals surface area (Å²) in [5.41, 5.74) is 0.164. The zero-order chi connectivity index (χ0) is 12.7. The molecule has 0 bridgehead atoms. The minimum Gasteiger partial charge on any atom is -0.379 e. The van der Waals surface area contributed by atoms with Gasteiger partial charge in [-0.2, -0.15) is 0 Å². The van der Waals surface area contributed by atoms with Crippen LogP contribution in [0.4, 0.5) is 5.82 Å². The number of alkyl halides is 1. The number of nitrogens with zero attached hydrogens (tertiary/aromatic N) is 1. The SMILES string of the molecule is O=C(NCCOCCBr)c1ccc([N+](=O)[O-])[nH]1. The Balaban J connectivity index is 2.34. The summed E-state index contributed by atoms with van der Waals surface area (Å²) in [6.07, 6.45) is 0. The minimum atomic E-state index is -0.587. The van der Waals surface area contributed by atoms with Crippen molar-refractivity contribution in [3.63, 3.8) is 0 Å². The van der Waals surface area contributed by atoms with E-state index in [-0.39, 0.29) is 17.4 Å². The summed E-state index contributed by atoms with van der Waals surface area (Å²) in [5, 5.41) is 13.7. The average Bonchev–Trinajstić information content (AvgIpc) is 2.78. The molecule has 1 aromatic heterocycles. The molecule has 1 rings (SSSR count). The lowest BCUT2D eigenvalue weighted by atomic mass is 10.4. The standard InChI is InChI=1S/C9H12BrN3O4/c10-3-5-17-6-4-11-9(14)7-1-2-8(12-7)13(15)16/h1-2,12H,3-6H2,(H,11,14). The second-order valence-corrected chi connectivity index (χ2v) is 3.86. The Bertz CT molecular complexity index is 393. The number of aromatic amines is 1. The van der Waals surface area contributed by atoms with Crippen LogP contribution in [-0.4, -0.2) is 40.9 Å². The maximum atomic E-state index is 11.5. The smallest absolute Gasteiger partial charge is 0.321 e. The molecule has 1 aromatic rings. The molecule has 7 nitrogen and oxygen atoms in total. The second-order valence-electron chi connectivity index (χ2n) is 3.07. The van der Waals surface area contributed by atoms with Gasteiger partial charge in [0.25, 0.3) is 5.91 Å². The van der Waals surface area contributed by atoms with Crippen LogP contribution in [0.25, 0.3) is 0 Å². The normalized spacial score (nSPS) is 10.2. The molecule has 1 amide bonds. The van der Waals surface area contributed by atoms with Crippen LogP contribution < -0.4 is 5.32 Å². The van der Waals surface area contributed by atoms with Gasteiger partial charge in [0.15, 0.2) is 5.69 Å². The van der Waals surface area contributed by atoms with Crippen molar-refractivity contribution < 1.29 is 14.5 Å². The Kier molecular flexibility index (Phi) is 5.64. The molecule has 0 aliphatic heterocycles. The van der Waals surface area contributed by atoms with Crippen molar-refractivity contribution >= 4 is 27.7 Å². The molecule has 0 aromatic carbocycles. The first-order valence-corrected chi connectivity index (χ1v) is 6.02. The highest BCUT2D eigenvalue weighted by Gasteiger charge is 2.14. The highest BCUT2D eigenvalue weighted by molar-refractivity contribution is 9.09. The molecule has 8 heteroatoms. The molecule has 0 radical (unpaired) electrons. The van der Waals surface area contributed by atoms with Gasteiger partial charge in [0.05, 0.1) is 13.2 Å². The molecule has 0 aliphatic carbocycles. The lowest BCUT2D eigenvalue weighted by Crippen LogP contribution is -2.27. The number of carbonyl (C=O) groups is 1. The second kappa shape index (κ2) is 7.02. The quantitative estimate of drug-likeness (QED) is 0.341. The van der Waals surface area contributed by atoms with E-state index in [1.807, 2.05) is 0 Å². The Morgan fingerprint density at radius 2 is 2.29 bits per heavy atom. The van der Waals surface area contributed by atoms with E-state index < -0.39 is 4.92 Å². The summed E-state index contributed by atoms with van der Waals surface area (Å²) in [6, 6.07) is 2.61. The predicted octanol–water partition coefficient (Wildman–Crippen LogP) is 1.06. The van der Waals surface area contributed by atoms with Gasteiger partial charge in [-0.05, 0) is 11.0 Å². The van der Waals surface area contributed by atoms with Crippen LogP contribution in [0, 0.1) is 10.1 Å². The van der Waals surface area contributed by atoms with Crippen LogP contribution in [-0.2, 0) is 4.74 Å². The Morgan fingerprint density at radius 1 is 1.53 bits per heavy atom. The molecule has 0 saturated heterocycles. The van der Waals surface area contributed by atoms with Gasteiger partial charge in [-0.15, -0.1) is 0 Å². The first-order chi connectivity index (χ1) is 8.15. The van der Waals surface area contributed by atoms with E-state index in [0.29, 0.717) is 19.8 Å². The number of hydrogen-bond acceptors (Lipinski definition) is 4. The maximum absolute atomic E-state index is 11.5. The number of nitro groups is 1. The third-order valence-electron chi connectivity index (χ3n) is 1.87. The third kappa shape index (κ3) is 4.53. The van der Waals surface area contributed by atoms with E-state index in [0.717, 1.165) is 5.33 Å². The number of carbonyl (C=O) groups excluding carboxylic acids is 1. The van der Waals surface area contributed by atoms with Gasteiger partial charge in [0.2, 0.25) is 0 Å². The zero-order valence-electron chi connectivity index (χ0n) is 8.94. The molecule has 0 atom stereocenters. The van der Waals surface area contributed by atoms with Crippen molar-refractivity contribution in [1.82, 2.24) is 10.3 Å². The van der Waals surface area contributed by atoms with Crippen LogP contribution >= 0.6 is 15.9 Å². The molecule has 94 valence electrons. The molecule has 0 unspecified atom stereocenters. The maximum Gasteiger partial charge on any atom is 0.321 e. The van der Waals surface area contributed by atoms with Crippen molar-refractivity contribution in [2.75, 3.05) is 25.1 Å². The summed E-state index contributed by atoms with van der Waals surface area (Å²) in [6.45, 7) is 1.34. The Labute approximate surface area is 106 Å². The molecule has 0 aliphatic rings. The number of rotatable bonds is 7. The lowest BCUT2D eigenvalue weighted by molar-refractivity contribution is -0.389. The van der Waals surface area contributed by atoms with E-state index in [9.17, 15) is 14.9 Å². The van der Waals surface area contributed by atoms with Gasteiger partial charge >= 0.3 is 5.82 Å².